The van der Waals surface area contributed by atoms with E-state index >= 15 is 0 Å². The zero-order chi connectivity index (χ0) is 22.5. The second-order valence-electron chi connectivity index (χ2n) is 7.63. The van der Waals surface area contributed by atoms with Gasteiger partial charge in [0.05, 0.1) is 30.2 Å². The third-order valence-corrected chi connectivity index (χ3v) is 5.70. The number of aromatic nitrogens is 2. The minimum Gasteiger partial charge on any atom is -0.465 e. The van der Waals surface area contributed by atoms with Crippen molar-refractivity contribution in [1.82, 2.24) is 15.0 Å². The van der Waals surface area contributed by atoms with Crippen molar-refractivity contribution in [2.45, 2.75) is 19.4 Å². The molecule has 1 unspecified atom stereocenters. The van der Waals surface area contributed by atoms with Gasteiger partial charge in [-0.1, -0.05) is 47.1 Å². The quantitative estimate of drug-likeness (QED) is 0.561. The van der Waals surface area contributed by atoms with Crippen LogP contribution >= 0.6 is 11.6 Å². The van der Waals surface area contributed by atoms with Crippen LogP contribution in [0, 0.1) is 5.92 Å². The lowest BCUT2D eigenvalue weighted by molar-refractivity contribution is -0.121. The predicted octanol–water partition coefficient (Wildman–Crippen LogP) is 4.03. The normalized spacial score (nSPS) is 16.5. The first-order chi connectivity index (χ1) is 15.5. The molecule has 2 heterocycles. The van der Waals surface area contributed by atoms with Crippen molar-refractivity contribution in [1.29, 1.82) is 0 Å². The molecule has 1 N–H and O–H groups in total. The number of nitrogens with one attached hydrogen (secondary N) is 1. The molecule has 1 aliphatic heterocycles. The smallest absolute Gasteiger partial charge is 0.339 e. The summed E-state index contributed by atoms with van der Waals surface area (Å²) in [6, 6.07) is 14.4. The molecule has 1 amide bonds. The molecule has 0 saturated carbocycles. The Bertz CT molecular complexity index is 1100. The number of halogens is 1. The van der Waals surface area contributed by atoms with Gasteiger partial charge in [0.2, 0.25) is 17.6 Å². The van der Waals surface area contributed by atoms with Gasteiger partial charge in [0.25, 0.3) is 0 Å². The van der Waals surface area contributed by atoms with Crippen LogP contribution in [0.5, 0.6) is 0 Å². The number of piperidine rings is 1. The molecule has 9 heteroatoms. The van der Waals surface area contributed by atoms with Crippen molar-refractivity contribution < 1.29 is 18.8 Å². The maximum atomic E-state index is 12.9. The van der Waals surface area contributed by atoms with E-state index in [-0.39, 0.29) is 22.4 Å². The molecule has 0 aliphatic carbocycles. The number of benzene rings is 2. The van der Waals surface area contributed by atoms with Crippen molar-refractivity contribution in [3.05, 3.63) is 65.0 Å². The summed E-state index contributed by atoms with van der Waals surface area (Å²) in [4.78, 5) is 31.3. The first-order valence-electron chi connectivity index (χ1n) is 10.3. The number of hydrogen-bond donors (Lipinski definition) is 1. The number of likely N-dealkylation sites (tertiary alicyclic amines) is 1. The maximum absolute atomic E-state index is 12.9. The van der Waals surface area contributed by atoms with Crippen LogP contribution in [0.25, 0.3) is 11.4 Å². The summed E-state index contributed by atoms with van der Waals surface area (Å²) >= 11 is 6.05. The highest BCUT2D eigenvalue weighted by Gasteiger charge is 2.27. The fourth-order valence-electron chi connectivity index (χ4n) is 3.74. The molecule has 3 aromatic rings. The van der Waals surface area contributed by atoms with Gasteiger partial charge in [-0.15, -0.1) is 0 Å². The second kappa shape index (κ2) is 9.93. The second-order valence-corrected chi connectivity index (χ2v) is 8.03. The van der Waals surface area contributed by atoms with Gasteiger partial charge in [0.1, 0.15) is 0 Å². The van der Waals surface area contributed by atoms with Crippen molar-refractivity contribution >= 4 is 29.2 Å². The Hall–Kier alpha value is -3.23. The van der Waals surface area contributed by atoms with Crippen LogP contribution in [0.4, 0.5) is 5.69 Å². The molecular formula is C23H23ClN4O4. The lowest BCUT2D eigenvalue weighted by Gasteiger charge is -2.30. The van der Waals surface area contributed by atoms with Gasteiger partial charge in [-0.2, -0.15) is 4.98 Å². The molecule has 32 heavy (non-hydrogen) atoms. The van der Waals surface area contributed by atoms with Crippen LogP contribution in [0.15, 0.2) is 53.1 Å². The Labute approximate surface area is 190 Å². The lowest BCUT2D eigenvalue weighted by Crippen LogP contribution is -2.40. The Morgan fingerprint density at radius 1 is 1.25 bits per heavy atom. The van der Waals surface area contributed by atoms with E-state index in [1.165, 1.54) is 13.2 Å². The molecule has 0 bridgehead atoms. The number of ether oxygens (including phenoxy) is 1. The first kappa shape index (κ1) is 22.0. The van der Waals surface area contributed by atoms with Crippen LogP contribution in [-0.2, 0) is 16.1 Å². The Kier molecular flexibility index (Phi) is 6.82. The van der Waals surface area contributed by atoms with Crippen LogP contribution in [-0.4, -0.2) is 47.1 Å². The van der Waals surface area contributed by atoms with E-state index in [0.29, 0.717) is 30.5 Å². The largest absolute Gasteiger partial charge is 0.465 e. The van der Waals surface area contributed by atoms with Gasteiger partial charge in [-0.25, -0.2) is 4.79 Å². The topological polar surface area (TPSA) is 97.6 Å². The number of methoxy groups -OCH3 is 1. The number of carbonyl (C=O) groups excluding carboxylic acids is 2. The number of rotatable bonds is 6. The standard InChI is InChI=1S/C23H23ClN4O4/c1-31-23(30)18-12-17(9-10-19(18)24)25-22(29)16-8-5-11-28(13-16)14-20-26-21(27-32-20)15-6-3-2-4-7-15/h2-4,6-7,9-10,12,16H,5,8,11,13-14H2,1H3,(H,25,29). The molecule has 0 radical (unpaired) electrons. The third-order valence-electron chi connectivity index (χ3n) is 5.37. The van der Waals surface area contributed by atoms with Gasteiger partial charge >= 0.3 is 5.97 Å². The zero-order valence-electron chi connectivity index (χ0n) is 17.6. The van der Waals surface area contributed by atoms with Crippen molar-refractivity contribution in [3.8, 4) is 11.4 Å². The number of esters is 1. The van der Waals surface area contributed by atoms with Crippen LogP contribution in [0.1, 0.15) is 29.1 Å². The van der Waals surface area contributed by atoms with E-state index in [1.807, 2.05) is 30.3 Å². The SMILES string of the molecule is COC(=O)c1cc(NC(=O)C2CCCN(Cc3nc(-c4ccccc4)no3)C2)ccc1Cl. The molecule has 4 rings (SSSR count). The Balaban J connectivity index is 1.37. The molecule has 166 valence electrons. The molecule has 1 aromatic heterocycles. The first-order valence-corrected chi connectivity index (χ1v) is 10.7. The molecule has 1 saturated heterocycles. The zero-order valence-corrected chi connectivity index (χ0v) is 18.3. The molecule has 0 spiro atoms. The van der Waals surface area contributed by atoms with Gasteiger partial charge in [0, 0.05) is 17.8 Å². The molecule has 1 aliphatic rings. The van der Waals surface area contributed by atoms with Crippen LogP contribution < -0.4 is 5.32 Å². The molecular weight excluding hydrogens is 432 g/mol. The number of hydrogen-bond acceptors (Lipinski definition) is 7. The lowest BCUT2D eigenvalue weighted by atomic mass is 9.97. The van der Waals surface area contributed by atoms with Crippen molar-refractivity contribution in [2.24, 2.45) is 5.92 Å². The average Bonchev–Trinajstić information content (AvgIpc) is 3.29. The van der Waals surface area contributed by atoms with Gasteiger partial charge in [-0.05, 0) is 37.6 Å². The number of carbonyl (C=O) groups is 2. The fraction of sp³-hybridized carbons (Fsp3) is 0.304. The molecule has 8 nitrogen and oxygen atoms in total. The summed E-state index contributed by atoms with van der Waals surface area (Å²) in [5, 5.41) is 7.21. The third kappa shape index (κ3) is 5.15. The maximum Gasteiger partial charge on any atom is 0.339 e. The van der Waals surface area contributed by atoms with Gasteiger partial charge < -0.3 is 14.6 Å². The van der Waals surface area contributed by atoms with E-state index in [2.05, 4.69) is 20.4 Å². The summed E-state index contributed by atoms with van der Waals surface area (Å²) in [5.74, 6) is 0.214. The Morgan fingerprint density at radius 3 is 2.84 bits per heavy atom. The highest BCUT2D eigenvalue weighted by Crippen LogP contribution is 2.24. The molecule has 1 fully saturated rings. The highest BCUT2D eigenvalue weighted by atomic mass is 35.5. The summed E-state index contributed by atoms with van der Waals surface area (Å²) in [6.45, 7) is 1.91. The van der Waals surface area contributed by atoms with E-state index in [0.717, 1.165) is 24.9 Å². The van der Waals surface area contributed by atoms with Gasteiger partial charge in [-0.3, -0.25) is 9.69 Å². The predicted molar refractivity (Wildman–Crippen MR) is 119 cm³/mol. The Morgan fingerprint density at radius 2 is 2.06 bits per heavy atom. The summed E-state index contributed by atoms with van der Waals surface area (Å²) in [6.07, 6.45) is 1.66. The molecule has 2 aromatic carbocycles. The van der Waals surface area contributed by atoms with Crippen molar-refractivity contribution in [2.75, 3.05) is 25.5 Å². The minimum absolute atomic E-state index is 0.108. The van der Waals surface area contributed by atoms with Gasteiger partial charge in [0.15, 0.2) is 0 Å². The van der Waals surface area contributed by atoms with Crippen LogP contribution in [0.2, 0.25) is 5.02 Å². The highest BCUT2D eigenvalue weighted by molar-refractivity contribution is 6.33. The summed E-state index contributed by atoms with van der Waals surface area (Å²) in [7, 11) is 1.28. The van der Waals surface area contributed by atoms with Crippen LogP contribution in [0.3, 0.4) is 0 Å². The van der Waals surface area contributed by atoms with E-state index in [4.69, 9.17) is 20.9 Å². The average molecular weight is 455 g/mol. The van der Waals surface area contributed by atoms with E-state index < -0.39 is 5.97 Å². The fourth-order valence-corrected chi connectivity index (χ4v) is 3.94. The van der Waals surface area contributed by atoms with E-state index in [1.54, 1.807) is 12.1 Å². The monoisotopic (exact) mass is 454 g/mol. The summed E-state index contributed by atoms with van der Waals surface area (Å²) < 4.78 is 10.1. The molecule has 1 atom stereocenters. The van der Waals surface area contributed by atoms with E-state index in [9.17, 15) is 9.59 Å². The minimum atomic E-state index is -0.552. The van der Waals surface area contributed by atoms with Crippen molar-refractivity contribution in [3.63, 3.8) is 0 Å². The number of anilines is 1. The number of nitrogens with zero attached hydrogens (tertiary/aromatic N) is 3. The summed E-state index contributed by atoms with van der Waals surface area (Å²) in [5.41, 5.74) is 1.61. The number of amides is 1.